The van der Waals surface area contributed by atoms with E-state index in [0.29, 0.717) is 11.4 Å². The Morgan fingerprint density at radius 1 is 1.67 bits per heavy atom. The van der Waals surface area contributed by atoms with E-state index in [-0.39, 0.29) is 6.61 Å². The standard InChI is InChI=1S/C4H7N3O2/c1-3-4(2-8-5)7-9-6-3/h2,5H2,1H3. The highest BCUT2D eigenvalue weighted by Gasteiger charge is 2.02. The molecule has 1 heterocycles. The van der Waals surface area contributed by atoms with Crippen LogP contribution in [0, 0.1) is 6.92 Å². The number of hydrogen-bond acceptors (Lipinski definition) is 5. The fourth-order valence-corrected chi connectivity index (χ4v) is 0.459. The largest absolute Gasteiger partial charge is 0.298 e. The third-order valence-electron chi connectivity index (χ3n) is 0.966. The van der Waals surface area contributed by atoms with Gasteiger partial charge in [0.05, 0.1) is 0 Å². The maximum atomic E-state index is 4.78. The first-order valence-electron chi connectivity index (χ1n) is 2.44. The van der Waals surface area contributed by atoms with Gasteiger partial charge in [-0.1, -0.05) is 10.3 Å². The Morgan fingerprint density at radius 3 is 2.89 bits per heavy atom. The molecule has 0 saturated heterocycles. The molecule has 0 radical (unpaired) electrons. The summed E-state index contributed by atoms with van der Waals surface area (Å²) in [6.45, 7) is 2.01. The third-order valence-corrected chi connectivity index (χ3v) is 0.966. The Morgan fingerprint density at radius 2 is 2.44 bits per heavy atom. The van der Waals surface area contributed by atoms with Crippen LogP contribution in [0.4, 0.5) is 0 Å². The Labute approximate surface area is 51.7 Å². The number of nitrogens with zero attached hydrogens (tertiary/aromatic N) is 2. The van der Waals surface area contributed by atoms with Crippen LogP contribution >= 0.6 is 0 Å². The summed E-state index contributed by atoms with van der Waals surface area (Å²) in [5, 5.41) is 7.03. The van der Waals surface area contributed by atoms with Crippen molar-refractivity contribution in [2.45, 2.75) is 13.5 Å². The van der Waals surface area contributed by atoms with E-state index >= 15 is 0 Å². The summed E-state index contributed by atoms with van der Waals surface area (Å²) >= 11 is 0. The maximum Gasteiger partial charge on any atom is 0.135 e. The summed E-state index contributed by atoms with van der Waals surface area (Å²) in [6.07, 6.45) is 0. The summed E-state index contributed by atoms with van der Waals surface area (Å²) in [6, 6.07) is 0. The molecule has 5 nitrogen and oxygen atoms in total. The molecule has 0 unspecified atom stereocenters. The van der Waals surface area contributed by atoms with Crippen molar-refractivity contribution in [3.8, 4) is 0 Å². The molecule has 5 heteroatoms. The highest BCUT2D eigenvalue weighted by atomic mass is 16.6. The van der Waals surface area contributed by atoms with E-state index in [1.54, 1.807) is 6.92 Å². The molecule has 0 fully saturated rings. The van der Waals surface area contributed by atoms with Crippen molar-refractivity contribution >= 4 is 0 Å². The van der Waals surface area contributed by atoms with Gasteiger partial charge >= 0.3 is 0 Å². The molecule has 0 bridgehead atoms. The van der Waals surface area contributed by atoms with Gasteiger partial charge in [0, 0.05) is 0 Å². The minimum absolute atomic E-state index is 0.245. The fourth-order valence-electron chi connectivity index (χ4n) is 0.459. The molecule has 1 aromatic heterocycles. The van der Waals surface area contributed by atoms with Crippen LogP contribution in [0.25, 0.3) is 0 Å². The monoisotopic (exact) mass is 129 g/mol. The van der Waals surface area contributed by atoms with Crippen molar-refractivity contribution in [3.63, 3.8) is 0 Å². The van der Waals surface area contributed by atoms with E-state index in [9.17, 15) is 0 Å². The highest BCUT2D eigenvalue weighted by Crippen LogP contribution is 1.99. The lowest BCUT2D eigenvalue weighted by Crippen LogP contribution is -2.00. The lowest BCUT2D eigenvalue weighted by atomic mass is 10.4. The molecule has 0 amide bonds. The van der Waals surface area contributed by atoms with Gasteiger partial charge in [-0.3, -0.25) is 4.84 Å². The van der Waals surface area contributed by atoms with Crippen LogP contribution in [-0.2, 0) is 11.4 Å². The minimum atomic E-state index is 0.245. The van der Waals surface area contributed by atoms with Gasteiger partial charge in [0.25, 0.3) is 0 Å². The Bertz CT molecular complexity index is 186. The molecule has 0 saturated carbocycles. The van der Waals surface area contributed by atoms with Gasteiger partial charge in [-0.05, 0) is 6.92 Å². The second-order valence-corrected chi connectivity index (χ2v) is 1.61. The van der Waals surface area contributed by atoms with Gasteiger partial charge in [-0.25, -0.2) is 10.5 Å². The van der Waals surface area contributed by atoms with E-state index in [0.717, 1.165) is 0 Å². The van der Waals surface area contributed by atoms with Crippen LogP contribution in [-0.4, -0.2) is 10.3 Å². The van der Waals surface area contributed by atoms with E-state index in [1.165, 1.54) is 0 Å². The minimum Gasteiger partial charge on any atom is -0.298 e. The summed E-state index contributed by atoms with van der Waals surface area (Å²) in [7, 11) is 0. The number of aryl methyl sites for hydroxylation is 1. The fraction of sp³-hybridized carbons (Fsp3) is 0.500. The molecule has 0 aliphatic rings. The van der Waals surface area contributed by atoms with E-state index < -0.39 is 0 Å². The molecule has 0 aliphatic heterocycles. The Balaban J connectivity index is 2.69. The smallest absolute Gasteiger partial charge is 0.135 e. The third kappa shape index (κ3) is 1.24. The molecular weight excluding hydrogens is 122 g/mol. The predicted molar refractivity (Wildman–Crippen MR) is 28.0 cm³/mol. The Kier molecular flexibility index (Phi) is 1.76. The molecule has 0 aliphatic carbocycles. The highest BCUT2D eigenvalue weighted by molar-refractivity contribution is 5.02. The molecule has 1 rings (SSSR count). The van der Waals surface area contributed by atoms with Crippen molar-refractivity contribution in [1.29, 1.82) is 0 Å². The van der Waals surface area contributed by atoms with Crippen LogP contribution in [0.2, 0.25) is 0 Å². The number of rotatable bonds is 2. The van der Waals surface area contributed by atoms with Crippen LogP contribution in [0.5, 0.6) is 0 Å². The van der Waals surface area contributed by atoms with Crippen molar-refractivity contribution in [2.75, 3.05) is 0 Å². The number of aromatic nitrogens is 2. The van der Waals surface area contributed by atoms with Gasteiger partial charge in [0.2, 0.25) is 0 Å². The SMILES string of the molecule is Cc1nonc1CON. The second kappa shape index (κ2) is 2.56. The summed E-state index contributed by atoms with van der Waals surface area (Å²) in [5.74, 6) is 4.78. The van der Waals surface area contributed by atoms with Crippen molar-refractivity contribution < 1.29 is 9.47 Å². The summed E-state index contributed by atoms with van der Waals surface area (Å²) < 4.78 is 4.36. The second-order valence-electron chi connectivity index (χ2n) is 1.61. The molecule has 9 heavy (non-hydrogen) atoms. The van der Waals surface area contributed by atoms with Crippen LogP contribution in [0.1, 0.15) is 11.4 Å². The van der Waals surface area contributed by atoms with Crippen LogP contribution in [0.15, 0.2) is 4.63 Å². The first kappa shape index (κ1) is 6.18. The van der Waals surface area contributed by atoms with Crippen molar-refractivity contribution in [1.82, 2.24) is 10.3 Å². The molecule has 0 spiro atoms. The van der Waals surface area contributed by atoms with Crippen molar-refractivity contribution in [3.05, 3.63) is 11.4 Å². The zero-order chi connectivity index (χ0) is 6.69. The summed E-state index contributed by atoms with van der Waals surface area (Å²) in [5.41, 5.74) is 1.35. The normalized spacial score (nSPS) is 10.0. The molecule has 50 valence electrons. The van der Waals surface area contributed by atoms with E-state index in [4.69, 9.17) is 5.90 Å². The lowest BCUT2D eigenvalue weighted by molar-refractivity contribution is 0.118. The lowest BCUT2D eigenvalue weighted by Gasteiger charge is -1.88. The van der Waals surface area contributed by atoms with Crippen LogP contribution in [0.3, 0.4) is 0 Å². The quantitative estimate of drug-likeness (QED) is 0.558. The number of hydrogen-bond donors (Lipinski definition) is 1. The summed E-state index contributed by atoms with van der Waals surface area (Å²) in [4.78, 5) is 4.30. The zero-order valence-electron chi connectivity index (χ0n) is 5.00. The first-order chi connectivity index (χ1) is 4.34. The van der Waals surface area contributed by atoms with Gasteiger partial charge in [0.15, 0.2) is 0 Å². The van der Waals surface area contributed by atoms with Gasteiger partial charge in [-0.15, -0.1) is 0 Å². The molecule has 0 atom stereocenters. The Hall–Kier alpha value is -0.940. The maximum absolute atomic E-state index is 4.78. The molecule has 2 N–H and O–H groups in total. The van der Waals surface area contributed by atoms with Crippen LogP contribution < -0.4 is 5.90 Å². The average molecular weight is 129 g/mol. The average Bonchev–Trinajstić information content (AvgIpc) is 2.18. The predicted octanol–water partition coefficient (Wildman–Crippen LogP) is -0.232. The number of nitrogens with two attached hydrogens (primary N) is 1. The molecular formula is C4H7N3O2. The topological polar surface area (TPSA) is 74.2 Å². The van der Waals surface area contributed by atoms with Crippen molar-refractivity contribution in [2.24, 2.45) is 5.90 Å². The van der Waals surface area contributed by atoms with E-state index in [1.807, 2.05) is 0 Å². The zero-order valence-corrected chi connectivity index (χ0v) is 5.00. The van der Waals surface area contributed by atoms with Gasteiger partial charge in [-0.2, -0.15) is 0 Å². The molecule has 1 aromatic rings. The molecule has 0 aromatic carbocycles. The van der Waals surface area contributed by atoms with Gasteiger partial charge in [0.1, 0.15) is 18.0 Å². The van der Waals surface area contributed by atoms with Gasteiger partial charge < -0.3 is 0 Å². The van der Waals surface area contributed by atoms with E-state index in [2.05, 4.69) is 19.8 Å². The first-order valence-corrected chi connectivity index (χ1v) is 2.44.